The van der Waals surface area contributed by atoms with Crippen molar-refractivity contribution in [1.29, 1.82) is 0 Å². The van der Waals surface area contributed by atoms with Crippen molar-refractivity contribution in [3.63, 3.8) is 0 Å². The first-order valence-electron chi connectivity index (χ1n) is 16.8. The smallest absolute Gasteiger partial charge is 0.374 e. The maximum atomic E-state index is 6.51. The highest BCUT2D eigenvalue weighted by Crippen LogP contribution is 2.49. The van der Waals surface area contributed by atoms with Gasteiger partial charge in [-0.15, -0.1) is 0 Å². The molecule has 2 aliphatic rings. The van der Waals surface area contributed by atoms with E-state index in [1.807, 2.05) is 11.8 Å². The molecular formula is C42H40N3OS+. The van der Waals surface area contributed by atoms with Crippen LogP contribution < -0.4 is 9.47 Å². The molecule has 234 valence electrons. The topological polar surface area (TPSA) is 25.2 Å². The summed E-state index contributed by atoms with van der Waals surface area (Å²) in [6, 6.07) is 32.7. The summed E-state index contributed by atoms with van der Waals surface area (Å²) in [5.41, 5.74) is 12.3. The summed E-state index contributed by atoms with van der Waals surface area (Å²) in [6.45, 7) is 10.8. The first-order valence-corrected chi connectivity index (χ1v) is 17.6. The van der Waals surface area contributed by atoms with E-state index in [9.17, 15) is 0 Å². The number of aryl methyl sites for hydroxylation is 2. The third-order valence-electron chi connectivity index (χ3n) is 9.54. The number of oxazole rings is 1. The minimum absolute atomic E-state index is 0.557. The van der Waals surface area contributed by atoms with E-state index in [2.05, 4.69) is 157 Å². The largest absolute Gasteiger partial charge is 0.398 e. The van der Waals surface area contributed by atoms with Crippen LogP contribution in [0.3, 0.4) is 0 Å². The summed E-state index contributed by atoms with van der Waals surface area (Å²) in [5.74, 6) is 1.47. The molecule has 1 unspecified atom stereocenters. The van der Waals surface area contributed by atoms with Gasteiger partial charge in [-0.25, -0.2) is 0 Å². The Morgan fingerprint density at radius 2 is 1.74 bits per heavy atom. The van der Waals surface area contributed by atoms with Crippen molar-refractivity contribution in [1.82, 2.24) is 4.57 Å². The lowest BCUT2D eigenvalue weighted by Gasteiger charge is -2.22. The molecule has 0 bridgehead atoms. The highest BCUT2D eigenvalue weighted by atomic mass is 32.2. The number of hydrogen-bond acceptors (Lipinski definition) is 3. The molecule has 1 aliphatic heterocycles. The van der Waals surface area contributed by atoms with Crippen molar-refractivity contribution in [2.75, 3.05) is 11.4 Å². The van der Waals surface area contributed by atoms with Crippen LogP contribution in [0.5, 0.6) is 0 Å². The second-order valence-electron chi connectivity index (χ2n) is 12.9. The normalized spacial score (nSPS) is 18.1. The highest BCUT2D eigenvalue weighted by molar-refractivity contribution is 8.03. The average molecular weight is 635 g/mol. The zero-order valence-corrected chi connectivity index (χ0v) is 28.4. The summed E-state index contributed by atoms with van der Waals surface area (Å²) in [5, 5.41) is 2.55. The molecule has 2 aromatic heterocycles. The molecular weight excluding hydrogens is 595 g/mol. The number of benzene rings is 4. The second-order valence-corrected chi connectivity index (χ2v) is 13.9. The lowest BCUT2D eigenvalue weighted by molar-refractivity contribution is -0.674. The number of thioether (sulfide) groups is 1. The van der Waals surface area contributed by atoms with E-state index in [-0.39, 0.29) is 0 Å². The fourth-order valence-corrected chi connectivity index (χ4v) is 8.63. The van der Waals surface area contributed by atoms with Crippen molar-refractivity contribution >= 4 is 45.5 Å². The second kappa shape index (κ2) is 12.1. The van der Waals surface area contributed by atoms with Gasteiger partial charge in [0.25, 0.3) is 5.52 Å². The van der Waals surface area contributed by atoms with Gasteiger partial charge in [-0.3, -0.25) is 0 Å². The lowest BCUT2D eigenvalue weighted by atomic mass is 9.87. The Labute approximate surface area is 281 Å². The first kappa shape index (κ1) is 29.6. The fourth-order valence-electron chi connectivity index (χ4n) is 7.34. The molecule has 0 saturated carbocycles. The van der Waals surface area contributed by atoms with E-state index in [4.69, 9.17) is 4.42 Å². The van der Waals surface area contributed by atoms with Crippen molar-refractivity contribution in [3.05, 3.63) is 137 Å². The molecule has 1 atom stereocenters. The monoisotopic (exact) mass is 634 g/mol. The minimum atomic E-state index is 0.557. The van der Waals surface area contributed by atoms with Crippen LogP contribution in [0.25, 0.3) is 44.9 Å². The van der Waals surface area contributed by atoms with Gasteiger partial charge in [-0.05, 0) is 115 Å². The molecule has 0 N–H and O–H groups in total. The highest BCUT2D eigenvalue weighted by Gasteiger charge is 2.27. The molecule has 5 heteroatoms. The van der Waals surface area contributed by atoms with E-state index in [0.29, 0.717) is 5.92 Å². The summed E-state index contributed by atoms with van der Waals surface area (Å²) in [6.07, 6.45) is 11.4. The van der Waals surface area contributed by atoms with Crippen molar-refractivity contribution in [2.24, 2.45) is 5.92 Å². The maximum absolute atomic E-state index is 6.51. The zero-order valence-electron chi connectivity index (χ0n) is 27.5. The van der Waals surface area contributed by atoms with Gasteiger partial charge in [-0.1, -0.05) is 73.3 Å². The van der Waals surface area contributed by atoms with E-state index in [1.165, 1.54) is 54.4 Å². The molecule has 0 radical (unpaired) electrons. The van der Waals surface area contributed by atoms with Crippen LogP contribution in [0.1, 0.15) is 45.1 Å². The van der Waals surface area contributed by atoms with Crippen LogP contribution in [0.2, 0.25) is 0 Å². The molecule has 0 fully saturated rings. The van der Waals surface area contributed by atoms with Crippen LogP contribution in [-0.4, -0.2) is 11.1 Å². The quantitative estimate of drug-likeness (QED) is 0.170. The van der Waals surface area contributed by atoms with Crippen LogP contribution in [-0.2, 0) is 6.54 Å². The third kappa shape index (κ3) is 5.43. The molecule has 4 aromatic carbocycles. The number of para-hydroxylation sites is 1. The molecule has 6 aromatic rings. The van der Waals surface area contributed by atoms with Crippen molar-refractivity contribution in [2.45, 2.75) is 52.0 Å². The number of rotatable bonds is 6. The van der Waals surface area contributed by atoms with E-state index >= 15 is 0 Å². The van der Waals surface area contributed by atoms with Crippen LogP contribution in [0, 0.1) is 12.8 Å². The predicted octanol–water partition coefficient (Wildman–Crippen LogP) is 10.9. The Hall–Kier alpha value is -4.74. The molecule has 1 aliphatic carbocycles. The first-order chi connectivity index (χ1) is 23.0. The minimum Gasteiger partial charge on any atom is -0.398 e. The SMILES string of the molecule is CCN1/C(=C/C2=CC(=C/c3oc4ccc(-n5ccc6ccccc65)cc4[n+]3CC)/CC(C)C2)Sc2cc(C)c(-c3ccccc3)cc21. The maximum Gasteiger partial charge on any atom is 0.374 e. The zero-order chi connectivity index (χ0) is 32.1. The number of anilines is 1. The van der Waals surface area contributed by atoms with Gasteiger partial charge in [0, 0.05) is 23.7 Å². The average Bonchev–Trinajstić information content (AvgIpc) is 3.76. The van der Waals surface area contributed by atoms with Gasteiger partial charge < -0.3 is 13.9 Å². The molecule has 3 heterocycles. The molecule has 4 nitrogen and oxygen atoms in total. The third-order valence-corrected chi connectivity index (χ3v) is 10.6. The molecule has 47 heavy (non-hydrogen) atoms. The summed E-state index contributed by atoms with van der Waals surface area (Å²) >= 11 is 1.90. The van der Waals surface area contributed by atoms with Crippen LogP contribution in [0.4, 0.5) is 5.69 Å². The van der Waals surface area contributed by atoms with Gasteiger partial charge in [-0.2, -0.15) is 4.57 Å². The molecule has 0 saturated heterocycles. The Bertz CT molecular complexity index is 2230. The Morgan fingerprint density at radius 3 is 2.57 bits per heavy atom. The fraction of sp³-hybridized carbons (Fsp3) is 0.214. The van der Waals surface area contributed by atoms with Crippen molar-refractivity contribution < 1.29 is 8.98 Å². The number of allylic oxidation sites excluding steroid dienone is 4. The summed E-state index contributed by atoms with van der Waals surface area (Å²) < 4.78 is 11.1. The Morgan fingerprint density at radius 1 is 0.915 bits per heavy atom. The molecule has 0 spiro atoms. The Balaban J connectivity index is 1.13. The van der Waals surface area contributed by atoms with Gasteiger partial charge in [0.2, 0.25) is 5.58 Å². The van der Waals surface area contributed by atoms with Gasteiger partial charge in [0.05, 0.1) is 28.0 Å². The van der Waals surface area contributed by atoms with E-state index in [0.717, 1.165) is 48.6 Å². The summed E-state index contributed by atoms with van der Waals surface area (Å²) in [7, 11) is 0. The van der Waals surface area contributed by atoms with E-state index < -0.39 is 0 Å². The predicted molar refractivity (Wildman–Crippen MR) is 197 cm³/mol. The number of nitrogens with zero attached hydrogens (tertiary/aromatic N) is 3. The molecule has 0 amide bonds. The lowest BCUT2D eigenvalue weighted by Crippen LogP contribution is -2.33. The van der Waals surface area contributed by atoms with Crippen LogP contribution >= 0.6 is 11.8 Å². The van der Waals surface area contributed by atoms with Gasteiger partial charge in [0.1, 0.15) is 6.54 Å². The van der Waals surface area contributed by atoms with E-state index in [1.54, 1.807) is 0 Å². The van der Waals surface area contributed by atoms with Crippen LogP contribution in [0.15, 0.2) is 135 Å². The Kier molecular flexibility index (Phi) is 7.65. The molecule has 8 rings (SSSR count). The number of aromatic nitrogens is 2. The van der Waals surface area contributed by atoms with Crippen molar-refractivity contribution in [3.8, 4) is 16.8 Å². The number of fused-ring (bicyclic) bond motifs is 3. The standard InChI is InChI=1S/C42H40N3OS/c1-5-43-37-26-34(45-19-18-33-14-10-11-15-36(33)45)16-17-39(37)46-41(43)24-30-20-28(3)21-31(23-30)25-42-44(6-2)38-27-35(29(4)22-40(38)47-42)32-12-8-7-9-13-32/h7-19,22-28H,5-6,20-21H2,1-4H3/q+1. The number of hydrogen-bond donors (Lipinski definition) is 0. The van der Waals surface area contributed by atoms with Gasteiger partial charge >= 0.3 is 5.89 Å². The summed E-state index contributed by atoms with van der Waals surface area (Å²) in [4.78, 5) is 3.82. The van der Waals surface area contributed by atoms with Gasteiger partial charge in [0.15, 0.2) is 0 Å².